The van der Waals surface area contributed by atoms with Crippen LogP contribution in [0.1, 0.15) is 22.8 Å². The molecule has 1 N–H and O–H groups in total. The van der Waals surface area contributed by atoms with Crippen LogP contribution in [0.15, 0.2) is 18.2 Å². The number of thioether (sulfide) groups is 1. The number of nitrogens with zero attached hydrogens (tertiary/aromatic N) is 1. The van der Waals surface area contributed by atoms with E-state index in [4.69, 9.17) is 5.11 Å². The highest BCUT2D eigenvalue weighted by Gasteiger charge is 2.23. The van der Waals surface area contributed by atoms with Gasteiger partial charge in [0.25, 0.3) is 5.91 Å². The lowest BCUT2D eigenvalue weighted by Crippen LogP contribution is -2.41. The lowest BCUT2D eigenvalue weighted by Gasteiger charge is -2.30. The number of hydrogen-bond donors (Lipinski definition) is 1. The molecule has 0 aromatic heterocycles. The highest BCUT2D eigenvalue weighted by molar-refractivity contribution is 7.99. The molecule has 106 valence electrons. The molecule has 2 rings (SSSR count). The van der Waals surface area contributed by atoms with E-state index in [9.17, 15) is 9.18 Å². The molecule has 0 saturated carbocycles. The van der Waals surface area contributed by atoms with E-state index in [1.165, 1.54) is 18.2 Å². The van der Waals surface area contributed by atoms with Crippen LogP contribution in [0.25, 0.3) is 0 Å². The molecule has 0 bridgehead atoms. The number of benzene rings is 1. The minimum atomic E-state index is -0.439. The normalized spacial score (nSPS) is 18.4. The molecule has 1 aromatic carbocycles. The third-order valence-corrected chi connectivity index (χ3v) is 4.18. The molecule has 1 aliphatic heterocycles. The van der Waals surface area contributed by atoms with Crippen molar-refractivity contribution in [2.45, 2.75) is 12.2 Å². The number of carbonyl (C=O) groups is 1. The Labute approximate surface area is 122 Å². The molecule has 1 unspecified atom stereocenters. The maximum atomic E-state index is 13.3. The second-order valence-corrected chi connectivity index (χ2v) is 6.13. The van der Waals surface area contributed by atoms with Crippen molar-refractivity contribution in [2.24, 2.45) is 0 Å². The Morgan fingerprint density at radius 3 is 3.10 bits per heavy atom. The fraction of sp³-hybridized carbons (Fsp3) is 0.400. The third-order valence-electron chi connectivity index (χ3n) is 3.04. The number of amides is 1. The predicted molar refractivity (Wildman–Crippen MR) is 78.2 cm³/mol. The minimum absolute atomic E-state index is 0.126. The van der Waals surface area contributed by atoms with Crippen molar-refractivity contribution in [1.29, 1.82) is 0 Å². The molecule has 0 aliphatic carbocycles. The summed E-state index contributed by atoms with van der Waals surface area (Å²) in [5, 5.41) is 9.15. The van der Waals surface area contributed by atoms with Crippen molar-refractivity contribution in [1.82, 2.24) is 4.90 Å². The molecule has 1 aromatic rings. The molecule has 0 radical (unpaired) electrons. The van der Waals surface area contributed by atoms with Gasteiger partial charge in [0, 0.05) is 29.7 Å². The van der Waals surface area contributed by atoms with E-state index in [1.807, 2.05) is 11.8 Å². The summed E-state index contributed by atoms with van der Waals surface area (Å²) < 4.78 is 13.3. The lowest BCUT2D eigenvalue weighted by atomic mass is 10.1. The Balaban J connectivity index is 2.29. The van der Waals surface area contributed by atoms with E-state index in [0.717, 1.165) is 5.75 Å². The van der Waals surface area contributed by atoms with E-state index in [-0.39, 0.29) is 12.5 Å². The van der Waals surface area contributed by atoms with E-state index < -0.39 is 5.82 Å². The van der Waals surface area contributed by atoms with Gasteiger partial charge in [-0.05, 0) is 18.2 Å². The SMILES string of the molecule is CC1CN(C(=O)c2ccc(F)cc2C#CCO)CCS1. The zero-order valence-electron chi connectivity index (χ0n) is 11.2. The molecule has 1 saturated heterocycles. The van der Waals surface area contributed by atoms with Crippen molar-refractivity contribution < 1.29 is 14.3 Å². The van der Waals surface area contributed by atoms with Gasteiger partial charge in [0.2, 0.25) is 0 Å². The number of carbonyl (C=O) groups excluding carboxylic acids is 1. The van der Waals surface area contributed by atoms with Gasteiger partial charge in [-0.15, -0.1) is 0 Å². The molecule has 3 nitrogen and oxygen atoms in total. The van der Waals surface area contributed by atoms with Crippen LogP contribution in [0, 0.1) is 17.7 Å². The van der Waals surface area contributed by atoms with Gasteiger partial charge in [0.05, 0.1) is 5.56 Å². The summed E-state index contributed by atoms with van der Waals surface area (Å²) in [6.45, 7) is 3.15. The summed E-state index contributed by atoms with van der Waals surface area (Å²) in [6.07, 6.45) is 0. The van der Waals surface area contributed by atoms with E-state index >= 15 is 0 Å². The molecule has 1 aliphatic rings. The van der Waals surface area contributed by atoms with Crippen LogP contribution in [0.4, 0.5) is 4.39 Å². The number of rotatable bonds is 1. The molecule has 5 heteroatoms. The molecular formula is C15H16FNO2S. The van der Waals surface area contributed by atoms with E-state index in [1.54, 1.807) is 4.90 Å². The molecule has 0 spiro atoms. The van der Waals surface area contributed by atoms with Crippen molar-refractivity contribution >= 4 is 17.7 Å². The zero-order chi connectivity index (χ0) is 14.5. The number of hydrogen-bond acceptors (Lipinski definition) is 3. The first-order chi connectivity index (χ1) is 9.61. The first-order valence-electron chi connectivity index (χ1n) is 6.42. The van der Waals surface area contributed by atoms with Gasteiger partial charge < -0.3 is 10.0 Å². The van der Waals surface area contributed by atoms with E-state index in [2.05, 4.69) is 18.8 Å². The molecule has 1 heterocycles. The predicted octanol–water partition coefficient (Wildman–Crippen LogP) is 1.75. The summed E-state index contributed by atoms with van der Waals surface area (Å²) in [5.41, 5.74) is 0.723. The standard InChI is InChI=1S/C15H16FNO2S/c1-11-10-17(6-8-20-11)15(19)14-5-4-13(16)9-12(14)3-2-7-18/h4-5,9,11,18H,6-8,10H2,1H3. The van der Waals surface area contributed by atoms with Crippen LogP contribution < -0.4 is 0 Å². The summed E-state index contributed by atoms with van der Waals surface area (Å²) in [4.78, 5) is 14.3. The van der Waals surface area contributed by atoms with Gasteiger partial charge in [0.1, 0.15) is 12.4 Å². The fourth-order valence-corrected chi connectivity index (χ4v) is 3.13. The summed E-state index contributed by atoms with van der Waals surface area (Å²) in [7, 11) is 0. The second-order valence-electron chi connectivity index (χ2n) is 4.58. The second kappa shape index (κ2) is 6.78. The summed E-state index contributed by atoms with van der Waals surface area (Å²) >= 11 is 1.84. The van der Waals surface area contributed by atoms with Crippen LogP contribution in [0.2, 0.25) is 0 Å². The number of aliphatic hydroxyl groups is 1. The zero-order valence-corrected chi connectivity index (χ0v) is 12.0. The van der Waals surface area contributed by atoms with Crippen LogP contribution in [-0.2, 0) is 0 Å². The van der Waals surface area contributed by atoms with Crippen LogP contribution >= 0.6 is 11.8 Å². The van der Waals surface area contributed by atoms with Crippen molar-refractivity contribution in [3.05, 3.63) is 35.1 Å². The monoisotopic (exact) mass is 293 g/mol. The smallest absolute Gasteiger partial charge is 0.255 e. The maximum Gasteiger partial charge on any atom is 0.255 e. The Morgan fingerprint density at radius 1 is 1.60 bits per heavy atom. The Hall–Kier alpha value is -1.51. The fourth-order valence-electron chi connectivity index (χ4n) is 2.11. The van der Waals surface area contributed by atoms with Crippen LogP contribution in [0.3, 0.4) is 0 Å². The molecule has 1 fully saturated rings. The first-order valence-corrected chi connectivity index (χ1v) is 7.47. The molecule has 1 atom stereocenters. The molecule has 20 heavy (non-hydrogen) atoms. The highest BCUT2D eigenvalue weighted by Crippen LogP contribution is 2.21. The lowest BCUT2D eigenvalue weighted by molar-refractivity contribution is 0.0763. The molecule has 1 amide bonds. The minimum Gasteiger partial charge on any atom is -0.384 e. The first kappa shape index (κ1) is 14.9. The number of halogens is 1. The van der Waals surface area contributed by atoms with Gasteiger partial charge in [-0.1, -0.05) is 18.8 Å². The summed E-state index contributed by atoms with van der Waals surface area (Å²) in [6, 6.07) is 3.96. The van der Waals surface area contributed by atoms with Gasteiger partial charge in [-0.25, -0.2) is 4.39 Å². The molecular weight excluding hydrogens is 277 g/mol. The van der Waals surface area contributed by atoms with Crippen LogP contribution in [0.5, 0.6) is 0 Å². The average molecular weight is 293 g/mol. The van der Waals surface area contributed by atoms with Gasteiger partial charge >= 0.3 is 0 Å². The van der Waals surface area contributed by atoms with E-state index in [0.29, 0.717) is 29.5 Å². The summed E-state index contributed by atoms with van der Waals surface area (Å²) in [5.74, 6) is 5.45. The Kier molecular flexibility index (Phi) is 5.05. The maximum absolute atomic E-state index is 13.3. The topological polar surface area (TPSA) is 40.5 Å². The van der Waals surface area contributed by atoms with Crippen molar-refractivity contribution in [2.75, 3.05) is 25.4 Å². The van der Waals surface area contributed by atoms with Crippen LogP contribution in [-0.4, -0.2) is 46.6 Å². The Morgan fingerprint density at radius 2 is 2.40 bits per heavy atom. The Bertz CT molecular complexity index is 565. The average Bonchev–Trinajstić information content (AvgIpc) is 2.44. The quantitative estimate of drug-likeness (QED) is 0.802. The van der Waals surface area contributed by atoms with Crippen molar-refractivity contribution in [3.63, 3.8) is 0 Å². The van der Waals surface area contributed by atoms with Crippen molar-refractivity contribution in [3.8, 4) is 11.8 Å². The van der Waals surface area contributed by atoms with Gasteiger partial charge in [-0.2, -0.15) is 11.8 Å². The number of aliphatic hydroxyl groups excluding tert-OH is 1. The largest absolute Gasteiger partial charge is 0.384 e. The van der Waals surface area contributed by atoms with Gasteiger partial charge in [-0.3, -0.25) is 4.79 Å². The highest BCUT2D eigenvalue weighted by atomic mass is 32.2. The third kappa shape index (κ3) is 3.53. The van der Waals surface area contributed by atoms with Gasteiger partial charge in [0.15, 0.2) is 0 Å².